The molecule has 0 saturated heterocycles. The van der Waals surface area contributed by atoms with Crippen molar-refractivity contribution in [3.63, 3.8) is 0 Å². The summed E-state index contributed by atoms with van der Waals surface area (Å²) in [5.74, 6) is 1.91. The van der Waals surface area contributed by atoms with E-state index in [1.54, 1.807) is 0 Å². The first kappa shape index (κ1) is 14.4. The molecule has 2 heteroatoms. The Bertz CT molecular complexity index is 383. The van der Waals surface area contributed by atoms with Crippen LogP contribution in [0.5, 0.6) is 5.75 Å². The van der Waals surface area contributed by atoms with Crippen molar-refractivity contribution in [1.29, 1.82) is 0 Å². The lowest BCUT2D eigenvalue weighted by Crippen LogP contribution is -2.25. The van der Waals surface area contributed by atoms with E-state index in [2.05, 4.69) is 26.0 Å². The summed E-state index contributed by atoms with van der Waals surface area (Å²) in [7, 11) is 0. The molecule has 0 radical (unpaired) electrons. The summed E-state index contributed by atoms with van der Waals surface area (Å²) in [5, 5.41) is 0. The number of nitrogens with two attached hydrogens (primary N) is 1. The Hall–Kier alpha value is -1.02. The standard InChI is InChI=1S/C17H27NO/c1-3-13-9-11-14(12-10-13)19-17-8-6-5-7-15(17)16(18)4-2/h5-8,13-14,16H,3-4,9-12,18H2,1-2H3. The lowest BCUT2D eigenvalue weighted by Gasteiger charge is -2.29. The van der Waals surface area contributed by atoms with Crippen LogP contribution in [0.1, 0.15) is 64.0 Å². The van der Waals surface area contributed by atoms with Crippen molar-refractivity contribution >= 4 is 0 Å². The molecule has 1 saturated carbocycles. The first-order valence-corrected chi connectivity index (χ1v) is 7.75. The van der Waals surface area contributed by atoms with Crippen molar-refractivity contribution in [2.75, 3.05) is 0 Å². The van der Waals surface area contributed by atoms with Gasteiger partial charge in [0, 0.05) is 11.6 Å². The second kappa shape index (κ2) is 6.95. The molecule has 0 spiro atoms. The topological polar surface area (TPSA) is 35.2 Å². The number of ether oxygens (including phenoxy) is 1. The monoisotopic (exact) mass is 261 g/mol. The molecule has 1 aliphatic carbocycles. The summed E-state index contributed by atoms with van der Waals surface area (Å²) < 4.78 is 6.22. The maximum absolute atomic E-state index is 6.22. The van der Waals surface area contributed by atoms with Gasteiger partial charge >= 0.3 is 0 Å². The van der Waals surface area contributed by atoms with Crippen LogP contribution in [0.2, 0.25) is 0 Å². The van der Waals surface area contributed by atoms with Crippen molar-refractivity contribution in [3.05, 3.63) is 29.8 Å². The van der Waals surface area contributed by atoms with Crippen LogP contribution in [-0.2, 0) is 0 Å². The summed E-state index contributed by atoms with van der Waals surface area (Å²) in [4.78, 5) is 0. The maximum atomic E-state index is 6.22. The first-order valence-electron chi connectivity index (χ1n) is 7.75. The van der Waals surface area contributed by atoms with Gasteiger partial charge < -0.3 is 10.5 Å². The average Bonchev–Trinajstić information content (AvgIpc) is 2.48. The molecular formula is C17H27NO. The molecule has 1 aliphatic rings. The Kier molecular flexibility index (Phi) is 5.26. The zero-order valence-electron chi connectivity index (χ0n) is 12.3. The number of para-hydroxylation sites is 1. The van der Waals surface area contributed by atoms with Crippen LogP contribution >= 0.6 is 0 Å². The van der Waals surface area contributed by atoms with Gasteiger partial charge in [-0.15, -0.1) is 0 Å². The highest BCUT2D eigenvalue weighted by Gasteiger charge is 2.22. The molecular weight excluding hydrogens is 234 g/mol. The highest BCUT2D eigenvalue weighted by molar-refractivity contribution is 5.35. The van der Waals surface area contributed by atoms with E-state index in [4.69, 9.17) is 10.5 Å². The molecule has 1 aromatic rings. The predicted octanol–water partition coefficient (Wildman–Crippen LogP) is 4.44. The van der Waals surface area contributed by atoms with E-state index in [1.165, 1.54) is 32.1 Å². The zero-order valence-corrected chi connectivity index (χ0v) is 12.3. The quantitative estimate of drug-likeness (QED) is 0.850. The van der Waals surface area contributed by atoms with Crippen molar-refractivity contribution in [2.45, 2.75) is 64.5 Å². The zero-order chi connectivity index (χ0) is 13.7. The molecule has 0 bridgehead atoms. The highest BCUT2D eigenvalue weighted by atomic mass is 16.5. The van der Waals surface area contributed by atoms with Crippen molar-refractivity contribution in [3.8, 4) is 5.75 Å². The predicted molar refractivity (Wildman–Crippen MR) is 80.3 cm³/mol. The Morgan fingerprint density at radius 3 is 2.47 bits per heavy atom. The first-order chi connectivity index (χ1) is 9.24. The molecule has 1 atom stereocenters. The summed E-state index contributed by atoms with van der Waals surface area (Å²) in [6.07, 6.45) is 7.63. The van der Waals surface area contributed by atoms with Crippen LogP contribution in [0.25, 0.3) is 0 Å². The minimum absolute atomic E-state index is 0.0863. The lowest BCUT2D eigenvalue weighted by molar-refractivity contribution is 0.128. The molecule has 1 fully saturated rings. The second-order valence-corrected chi connectivity index (χ2v) is 5.72. The van der Waals surface area contributed by atoms with E-state index in [0.717, 1.165) is 23.7 Å². The molecule has 2 nitrogen and oxygen atoms in total. The van der Waals surface area contributed by atoms with Crippen molar-refractivity contribution < 1.29 is 4.74 Å². The summed E-state index contributed by atoms with van der Waals surface area (Å²) >= 11 is 0. The van der Waals surface area contributed by atoms with Crippen LogP contribution in [0, 0.1) is 5.92 Å². The van der Waals surface area contributed by atoms with Crippen molar-refractivity contribution in [2.24, 2.45) is 11.7 Å². The smallest absolute Gasteiger partial charge is 0.124 e. The largest absolute Gasteiger partial charge is 0.490 e. The lowest BCUT2D eigenvalue weighted by atomic mass is 9.86. The number of hydrogen-bond donors (Lipinski definition) is 1. The van der Waals surface area contributed by atoms with E-state index in [9.17, 15) is 0 Å². The fraction of sp³-hybridized carbons (Fsp3) is 0.647. The minimum atomic E-state index is 0.0863. The number of rotatable bonds is 5. The Labute approximate surface area is 117 Å². The molecule has 2 rings (SSSR count). The van der Waals surface area contributed by atoms with Gasteiger partial charge in [0.05, 0.1) is 6.10 Å². The summed E-state index contributed by atoms with van der Waals surface area (Å²) in [6, 6.07) is 8.34. The molecule has 1 aromatic carbocycles. The number of hydrogen-bond acceptors (Lipinski definition) is 2. The van der Waals surface area contributed by atoms with Gasteiger partial charge in [-0.3, -0.25) is 0 Å². The van der Waals surface area contributed by atoms with Gasteiger partial charge in [0.15, 0.2) is 0 Å². The van der Waals surface area contributed by atoms with Crippen molar-refractivity contribution in [1.82, 2.24) is 0 Å². The average molecular weight is 261 g/mol. The van der Waals surface area contributed by atoms with E-state index >= 15 is 0 Å². The highest BCUT2D eigenvalue weighted by Crippen LogP contribution is 2.32. The van der Waals surface area contributed by atoms with Gasteiger partial charge in [0.25, 0.3) is 0 Å². The van der Waals surface area contributed by atoms with Crippen LogP contribution < -0.4 is 10.5 Å². The third-order valence-corrected chi connectivity index (χ3v) is 4.42. The van der Waals surface area contributed by atoms with Gasteiger partial charge in [-0.2, -0.15) is 0 Å². The Balaban J connectivity index is 1.99. The molecule has 19 heavy (non-hydrogen) atoms. The molecule has 106 valence electrons. The second-order valence-electron chi connectivity index (χ2n) is 5.72. The van der Waals surface area contributed by atoms with Gasteiger partial charge in [0.2, 0.25) is 0 Å². The van der Waals surface area contributed by atoms with Crippen LogP contribution in [0.15, 0.2) is 24.3 Å². The molecule has 2 N–H and O–H groups in total. The van der Waals surface area contributed by atoms with E-state index in [0.29, 0.717) is 6.10 Å². The molecule has 0 aromatic heterocycles. The maximum Gasteiger partial charge on any atom is 0.124 e. The van der Waals surface area contributed by atoms with Crippen LogP contribution in [0.4, 0.5) is 0 Å². The third kappa shape index (κ3) is 3.73. The van der Waals surface area contributed by atoms with Crippen LogP contribution in [0.3, 0.4) is 0 Å². The minimum Gasteiger partial charge on any atom is -0.490 e. The molecule has 0 heterocycles. The molecule has 1 unspecified atom stereocenters. The SMILES string of the molecule is CCC1CCC(Oc2ccccc2C(N)CC)CC1. The summed E-state index contributed by atoms with van der Waals surface area (Å²) in [5.41, 5.74) is 7.32. The fourth-order valence-corrected chi connectivity index (χ4v) is 2.95. The van der Waals surface area contributed by atoms with Gasteiger partial charge in [0.1, 0.15) is 5.75 Å². The fourth-order valence-electron chi connectivity index (χ4n) is 2.95. The van der Waals surface area contributed by atoms with E-state index in [1.807, 2.05) is 12.1 Å². The van der Waals surface area contributed by atoms with E-state index in [-0.39, 0.29) is 6.04 Å². The van der Waals surface area contributed by atoms with E-state index < -0.39 is 0 Å². The van der Waals surface area contributed by atoms with Gasteiger partial charge in [-0.05, 0) is 44.1 Å². The Morgan fingerprint density at radius 1 is 1.16 bits per heavy atom. The Morgan fingerprint density at radius 2 is 1.84 bits per heavy atom. The summed E-state index contributed by atoms with van der Waals surface area (Å²) in [6.45, 7) is 4.41. The van der Waals surface area contributed by atoms with Crippen LogP contribution in [-0.4, -0.2) is 6.10 Å². The van der Waals surface area contributed by atoms with Gasteiger partial charge in [-0.25, -0.2) is 0 Å². The third-order valence-electron chi connectivity index (χ3n) is 4.42. The van der Waals surface area contributed by atoms with Gasteiger partial charge in [-0.1, -0.05) is 38.5 Å². The number of benzene rings is 1. The normalized spacial score (nSPS) is 25.0. The molecule has 0 aliphatic heterocycles. The molecule has 0 amide bonds.